The van der Waals surface area contributed by atoms with Crippen LogP contribution in [0.15, 0.2) is 66.2 Å². The van der Waals surface area contributed by atoms with Crippen molar-refractivity contribution in [2.24, 2.45) is 0 Å². The highest BCUT2D eigenvalue weighted by Gasteiger charge is 2.48. The second kappa shape index (κ2) is 10.8. The first-order valence-corrected chi connectivity index (χ1v) is 13.4. The third kappa shape index (κ3) is 4.70. The first-order valence-electron chi connectivity index (χ1n) is 12.6. The maximum absolute atomic E-state index is 13.6. The van der Waals surface area contributed by atoms with Gasteiger partial charge in [-0.3, -0.25) is 14.5 Å². The van der Waals surface area contributed by atoms with Crippen molar-refractivity contribution in [2.75, 3.05) is 25.7 Å². The lowest BCUT2D eigenvalue weighted by Gasteiger charge is -2.24. The molecule has 0 spiro atoms. The van der Waals surface area contributed by atoms with Gasteiger partial charge in [-0.1, -0.05) is 30.4 Å². The normalized spacial score (nSPS) is 16.6. The topological polar surface area (TPSA) is 98.2 Å². The summed E-state index contributed by atoms with van der Waals surface area (Å²) < 4.78 is 17.4. The number of benzene rings is 3. The Balaban J connectivity index is 1.71. The quantitative estimate of drug-likeness (QED) is 0.168. The second-order valence-corrected chi connectivity index (χ2v) is 9.90. The lowest BCUT2D eigenvalue weighted by molar-refractivity contribution is -0.132. The standard InChI is InChI=1S/C30H28N2O6S/c1-5-17-7-13-21-24(15-17)39-30(31-21)32-26(19-10-14-22(38-6-2)23(16-19)37-4)25(28(34)29(32)35)27(33)18-8-11-20(36-3)12-9-18/h7-16,26,33H,5-6H2,1-4H3/t26-/m0/s1. The predicted molar refractivity (Wildman–Crippen MR) is 151 cm³/mol. The van der Waals surface area contributed by atoms with Crippen molar-refractivity contribution < 1.29 is 28.9 Å². The molecule has 1 fully saturated rings. The Bertz CT molecular complexity index is 1590. The number of ketones is 1. The minimum Gasteiger partial charge on any atom is -0.507 e. The lowest BCUT2D eigenvalue weighted by Crippen LogP contribution is -2.29. The van der Waals surface area contributed by atoms with E-state index in [9.17, 15) is 14.7 Å². The number of thiazole rings is 1. The average molecular weight is 545 g/mol. The van der Waals surface area contributed by atoms with Crippen LogP contribution < -0.4 is 19.1 Å². The highest BCUT2D eigenvalue weighted by atomic mass is 32.1. The van der Waals surface area contributed by atoms with Crippen LogP contribution in [-0.2, 0) is 16.0 Å². The molecule has 39 heavy (non-hydrogen) atoms. The van der Waals surface area contributed by atoms with Gasteiger partial charge in [0.05, 0.1) is 42.7 Å². The summed E-state index contributed by atoms with van der Waals surface area (Å²) >= 11 is 1.33. The molecule has 4 aromatic rings. The Morgan fingerprint density at radius 3 is 2.41 bits per heavy atom. The van der Waals surface area contributed by atoms with E-state index >= 15 is 0 Å². The Hall–Kier alpha value is -4.37. The number of rotatable bonds is 8. The third-order valence-corrected chi connectivity index (χ3v) is 7.68. The molecule has 1 amide bonds. The number of aromatic nitrogens is 1. The second-order valence-electron chi connectivity index (χ2n) is 8.89. The van der Waals surface area contributed by atoms with Crippen LogP contribution in [0.4, 0.5) is 5.13 Å². The molecule has 1 atom stereocenters. The smallest absolute Gasteiger partial charge is 0.301 e. The number of aliphatic hydroxyl groups excluding tert-OH is 1. The molecule has 1 saturated heterocycles. The summed E-state index contributed by atoms with van der Waals surface area (Å²) in [4.78, 5) is 33.2. The van der Waals surface area contributed by atoms with Gasteiger partial charge in [-0.05, 0) is 73.0 Å². The minimum absolute atomic E-state index is 0.0371. The van der Waals surface area contributed by atoms with Crippen LogP contribution in [-0.4, -0.2) is 42.6 Å². The summed E-state index contributed by atoms with van der Waals surface area (Å²) in [5.41, 5.74) is 2.79. The van der Waals surface area contributed by atoms with Crippen LogP contribution in [0.3, 0.4) is 0 Å². The highest BCUT2D eigenvalue weighted by Crippen LogP contribution is 2.46. The molecular formula is C30H28N2O6S. The molecular weight excluding hydrogens is 516 g/mol. The molecule has 1 aromatic heterocycles. The van der Waals surface area contributed by atoms with Gasteiger partial charge in [0.15, 0.2) is 16.6 Å². The summed E-state index contributed by atoms with van der Waals surface area (Å²) in [6.07, 6.45) is 0.863. The molecule has 9 heteroatoms. The summed E-state index contributed by atoms with van der Waals surface area (Å²) in [5, 5.41) is 11.8. The number of carbonyl (C=O) groups is 2. The van der Waals surface area contributed by atoms with Gasteiger partial charge < -0.3 is 19.3 Å². The summed E-state index contributed by atoms with van der Waals surface area (Å²) in [5.74, 6) is -0.275. The Morgan fingerprint density at radius 1 is 0.974 bits per heavy atom. The van der Waals surface area contributed by atoms with Crippen molar-refractivity contribution in [3.8, 4) is 17.2 Å². The van der Waals surface area contributed by atoms with Gasteiger partial charge in [0.1, 0.15) is 11.5 Å². The number of aryl methyl sites for hydroxylation is 1. The van der Waals surface area contributed by atoms with Gasteiger partial charge in [-0.25, -0.2) is 4.98 Å². The Morgan fingerprint density at radius 2 is 1.74 bits per heavy atom. The number of anilines is 1. The van der Waals surface area contributed by atoms with E-state index in [0.717, 1.165) is 22.2 Å². The molecule has 1 N–H and O–H groups in total. The van der Waals surface area contributed by atoms with Crippen molar-refractivity contribution in [3.05, 3.63) is 82.9 Å². The van der Waals surface area contributed by atoms with Crippen LogP contribution in [0.25, 0.3) is 16.0 Å². The van der Waals surface area contributed by atoms with Crippen LogP contribution in [0.1, 0.15) is 36.6 Å². The van der Waals surface area contributed by atoms with Crippen LogP contribution in [0, 0.1) is 0 Å². The first kappa shape index (κ1) is 26.2. The van der Waals surface area contributed by atoms with Crippen LogP contribution in [0.5, 0.6) is 17.2 Å². The first-order chi connectivity index (χ1) is 18.9. The zero-order valence-electron chi connectivity index (χ0n) is 22.1. The molecule has 3 aromatic carbocycles. The number of nitrogens with zero attached hydrogens (tertiary/aromatic N) is 2. The Labute approximate surface area is 230 Å². The fraction of sp³-hybridized carbons (Fsp3) is 0.233. The van der Waals surface area contributed by atoms with Crippen molar-refractivity contribution in [1.82, 2.24) is 4.98 Å². The van der Waals surface area contributed by atoms with E-state index in [4.69, 9.17) is 19.2 Å². The number of aliphatic hydroxyl groups is 1. The van der Waals surface area contributed by atoms with Crippen molar-refractivity contribution in [3.63, 3.8) is 0 Å². The third-order valence-electron chi connectivity index (χ3n) is 6.67. The molecule has 1 aliphatic rings. The number of amides is 1. The number of methoxy groups -OCH3 is 2. The zero-order chi connectivity index (χ0) is 27.7. The van der Waals surface area contributed by atoms with E-state index < -0.39 is 17.7 Å². The number of carbonyl (C=O) groups excluding carboxylic acids is 2. The molecule has 2 heterocycles. The molecule has 0 aliphatic carbocycles. The number of ether oxygens (including phenoxy) is 3. The summed E-state index contributed by atoms with van der Waals surface area (Å²) in [6, 6.07) is 16.9. The fourth-order valence-electron chi connectivity index (χ4n) is 4.66. The fourth-order valence-corrected chi connectivity index (χ4v) is 5.71. The van der Waals surface area contributed by atoms with Gasteiger partial charge in [-0.2, -0.15) is 0 Å². The van der Waals surface area contributed by atoms with E-state index in [2.05, 4.69) is 6.92 Å². The molecule has 5 rings (SSSR count). The number of Topliss-reactive ketones (excluding diaryl/α,β-unsaturated/α-hetero) is 1. The molecule has 0 unspecified atom stereocenters. The number of hydrogen-bond acceptors (Lipinski definition) is 8. The van der Waals surface area contributed by atoms with E-state index in [0.29, 0.717) is 40.1 Å². The summed E-state index contributed by atoms with van der Waals surface area (Å²) in [6.45, 7) is 4.38. The molecule has 0 bridgehead atoms. The van der Waals surface area contributed by atoms with E-state index in [1.54, 1.807) is 49.6 Å². The predicted octanol–water partition coefficient (Wildman–Crippen LogP) is 5.90. The highest BCUT2D eigenvalue weighted by molar-refractivity contribution is 7.22. The molecule has 200 valence electrons. The average Bonchev–Trinajstić information content (AvgIpc) is 3.50. The maximum Gasteiger partial charge on any atom is 0.301 e. The molecule has 1 aliphatic heterocycles. The lowest BCUT2D eigenvalue weighted by atomic mass is 9.95. The van der Waals surface area contributed by atoms with Gasteiger partial charge in [-0.15, -0.1) is 0 Å². The maximum atomic E-state index is 13.6. The van der Waals surface area contributed by atoms with Crippen LogP contribution in [0.2, 0.25) is 0 Å². The molecule has 0 radical (unpaired) electrons. The van der Waals surface area contributed by atoms with Gasteiger partial charge in [0, 0.05) is 5.56 Å². The van der Waals surface area contributed by atoms with E-state index in [-0.39, 0.29) is 11.3 Å². The van der Waals surface area contributed by atoms with Gasteiger partial charge >= 0.3 is 5.91 Å². The van der Waals surface area contributed by atoms with E-state index in [1.165, 1.54) is 23.3 Å². The van der Waals surface area contributed by atoms with Gasteiger partial charge in [0.25, 0.3) is 5.78 Å². The molecule has 8 nitrogen and oxygen atoms in total. The van der Waals surface area contributed by atoms with Crippen molar-refractivity contribution >= 4 is 44.1 Å². The SMILES string of the molecule is CCOc1ccc([C@H]2C(=C(O)c3ccc(OC)cc3)C(=O)C(=O)N2c2nc3ccc(CC)cc3s2)cc1OC. The minimum atomic E-state index is -0.942. The van der Waals surface area contributed by atoms with E-state index in [1.807, 2.05) is 25.1 Å². The van der Waals surface area contributed by atoms with Crippen molar-refractivity contribution in [1.29, 1.82) is 0 Å². The monoisotopic (exact) mass is 544 g/mol. The Kier molecular flexibility index (Phi) is 7.26. The zero-order valence-corrected chi connectivity index (χ0v) is 22.9. The number of hydrogen-bond donors (Lipinski definition) is 1. The summed E-state index contributed by atoms with van der Waals surface area (Å²) in [7, 11) is 3.07. The van der Waals surface area contributed by atoms with Gasteiger partial charge in [0.2, 0.25) is 0 Å². The van der Waals surface area contributed by atoms with Crippen molar-refractivity contribution in [2.45, 2.75) is 26.3 Å². The van der Waals surface area contributed by atoms with Crippen LogP contribution >= 0.6 is 11.3 Å². The largest absolute Gasteiger partial charge is 0.507 e. The number of fused-ring (bicyclic) bond motifs is 1. The molecule has 0 saturated carbocycles.